The average molecular weight is 418 g/mol. The van der Waals surface area contributed by atoms with Gasteiger partial charge in [0.15, 0.2) is 11.3 Å². The van der Waals surface area contributed by atoms with E-state index in [2.05, 4.69) is 26.2 Å². The molecule has 7 heteroatoms. The van der Waals surface area contributed by atoms with E-state index in [1.165, 1.54) is 6.20 Å². The summed E-state index contributed by atoms with van der Waals surface area (Å²) < 4.78 is 0. The van der Waals surface area contributed by atoms with E-state index in [4.69, 9.17) is 16.8 Å². The molecule has 7 nitrogen and oxygen atoms in total. The predicted molar refractivity (Wildman–Crippen MR) is 120 cm³/mol. The second-order valence-corrected chi connectivity index (χ2v) is 7.92. The zero-order chi connectivity index (χ0) is 22.1. The fraction of sp³-hybridized carbons (Fsp3) is 0.160. The van der Waals surface area contributed by atoms with Gasteiger partial charge in [0, 0.05) is 17.4 Å². The molecule has 0 radical (unpaired) electrons. The largest absolute Gasteiger partial charge is 0.340 e. The average Bonchev–Trinajstić information content (AvgIpc) is 3.22. The summed E-state index contributed by atoms with van der Waals surface area (Å²) in [4.78, 5) is 28.3. The van der Waals surface area contributed by atoms with Crippen LogP contribution in [0.2, 0.25) is 0 Å². The van der Waals surface area contributed by atoms with Crippen molar-refractivity contribution in [1.82, 2.24) is 15.0 Å². The first kappa shape index (κ1) is 19.5. The van der Waals surface area contributed by atoms with Crippen LogP contribution in [0.15, 0.2) is 60.8 Å². The number of benzene rings is 2. The van der Waals surface area contributed by atoms with E-state index < -0.39 is 0 Å². The first-order chi connectivity index (χ1) is 15.6. The maximum absolute atomic E-state index is 12.5. The number of H-pyrrole nitrogens is 1. The van der Waals surface area contributed by atoms with Crippen LogP contribution in [0, 0.1) is 17.9 Å². The maximum atomic E-state index is 12.5. The summed E-state index contributed by atoms with van der Waals surface area (Å²) in [5.41, 5.74) is 4.33. The van der Waals surface area contributed by atoms with Crippen LogP contribution in [0.3, 0.4) is 0 Å². The number of hydrogen-bond acceptors (Lipinski definition) is 4. The summed E-state index contributed by atoms with van der Waals surface area (Å²) in [5.74, 6) is 0.604. The maximum Gasteiger partial charge on any atom is 0.254 e. The van der Waals surface area contributed by atoms with Gasteiger partial charge in [0.1, 0.15) is 11.9 Å². The lowest BCUT2D eigenvalue weighted by Crippen LogP contribution is -2.36. The van der Waals surface area contributed by atoms with Crippen molar-refractivity contribution < 1.29 is 4.79 Å². The number of anilines is 1. The van der Waals surface area contributed by atoms with Crippen molar-refractivity contribution in [3.05, 3.63) is 94.7 Å². The van der Waals surface area contributed by atoms with Gasteiger partial charge in [-0.1, -0.05) is 36.8 Å². The molecule has 0 aliphatic heterocycles. The lowest BCUT2D eigenvalue weighted by molar-refractivity contribution is 0.102. The van der Waals surface area contributed by atoms with Gasteiger partial charge in [-0.2, -0.15) is 5.26 Å². The molecule has 1 aliphatic carbocycles. The smallest absolute Gasteiger partial charge is 0.254 e. The number of hydrogen-bond donors (Lipinski definition) is 2. The molecule has 2 aromatic carbocycles. The number of nitrogens with one attached hydrogen (secondary N) is 2. The summed E-state index contributed by atoms with van der Waals surface area (Å²) in [6.45, 7) is 7.10. The zero-order valence-corrected chi connectivity index (χ0v) is 17.1. The number of pyridine rings is 1. The Kier molecular flexibility index (Phi) is 4.65. The number of fused-ring (bicyclic) bond motifs is 1. The van der Waals surface area contributed by atoms with Crippen molar-refractivity contribution in [3.63, 3.8) is 0 Å². The third kappa shape index (κ3) is 3.27. The van der Waals surface area contributed by atoms with Crippen LogP contribution < -0.4 is 5.32 Å². The van der Waals surface area contributed by atoms with Crippen LogP contribution in [0.1, 0.15) is 46.6 Å². The topological polar surface area (TPSA) is 98.8 Å². The van der Waals surface area contributed by atoms with E-state index in [0.29, 0.717) is 28.1 Å². The first-order valence-corrected chi connectivity index (χ1v) is 10.3. The molecule has 32 heavy (non-hydrogen) atoms. The fourth-order valence-electron chi connectivity index (χ4n) is 4.17. The molecular formula is C25H18N6O. The second-order valence-electron chi connectivity index (χ2n) is 7.92. The third-order valence-corrected chi connectivity index (χ3v) is 6.06. The Labute approximate surface area is 184 Å². The van der Waals surface area contributed by atoms with Gasteiger partial charge in [-0.25, -0.2) is 14.8 Å². The number of carbonyl (C=O) groups excluding carboxylic acids is 1. The highest BCUT2D eigenvalue weighted by Gasteiger charge is 2.43. The summed E-state index contributed by atoms with van der Waals surface area (Å²) in [6.07, 6.45) is 4.57. The van der Waals surface area contributed by atoms with Crippen LogP contribution in [-0.4, -0.2) is 20.9 Å². The minimum Gasteiger partial charge on any atom is -0.340 e. The second kappa shape index (κ2) is 7.64. The van der Waals surface area contributed by atoms with Crippen LogP contribution >= 0.6 is 0 Å². The van der Waals surface area contributed by atoms with Crippen molar-refractivity contribution in [2.24, 2.45) is 0 Å². The van der Waals surface area contributed by atoms with Crippen molar-refractivity contribution in [3.8, 4) is 6.07 Å². The van der Waals surface area contributed by atoms with Crippen LogP contribution in [0.5, 0.6) is 0 Å². The third-order valence-electron chi connectivity index (χ3n) is 6.06. The lowest BCUT2D eigenvalue weighted by Gasteiger charge is -2.40. The number of rotatable bonds is 4. The quantitative estimate of drug-likeness (QED) is 0.450. The molecule has 4 aromatic rings. The molecule has 0 spiro atoms. The molecule has 2 heterocycles. The van der Waals surface area contributed by atoms with Gasteiger partial charge in [0.25, 0.3) is 5.91 Å². The number of carbonyl (C=O) groups is 1. The summed E-state index contributed by atoms with van der Waals surface area (Å²) >= 11 is 0. The van der Waals surface area contributed by atoms with E-state index >= 15 is 0 Å². The number of aromatic nitrogens is 3. The Morgan fingerprint density at radius 1 is 1.19 bits per heavy atom. The van der Waals surface area contributed by atoms with E-state index in [-0.39, 0.29) is 11.3 Å². The SMILES string of the molecule is [C-]#[N+]c1cccc(C(=O)Nc2ccc(C3(c4nc5ncc(C#N)cc5[nH]4)CCC3)cc2)c1. The molecule has 2 aromatic heterocycles. The first-order valence-electron chi connectivity index (χ1n) is 10.3. The van der Waals surface area contributed by atoms with Gasteiger partial charge in [-0.3, -0.25) is 4.79 Å². The molecule has 0 bridgehead atoms. The molecule has 154 valence electrons. The standard InChI is InChI=1S/C25H18N6O/c1-27-20-5-2-4-17(13-20)23(32)29-19-8-6-18(7-9-19)25(10-3-11-25)24-30-21-12-16(14-26)15-28-22(21)31-24/h2,4-9,12-13,15H,3,10-11H2,(H,29,32)(H,28,30,31). The Morgan fingerprint density at radius 2 is 2.00 bits per heavy atom. The molecule has 1 fully saturated rings. The van der Waals surface area contributed by atoms with Gasteiger partial charge >= 0.3 is 0 Å². The summed E-state index contributed by atoms with van der Waals surface area (Å²) in [7, 11) is 0. The Bertz CT molecular complexity index is 1420. The molecule has 1 aliphatic rings. The monoisotopic (exact) mass is 418 g/mol. The highest BCUT2D eigenvalue weighted by atomic mass is 16.1. The highest BCUT2D eigenvalue weighted by molar-refractivity contribution is 6.04. The molecular weight excluding hydrogens is 400 g/mol. The van der Waals surface area contributed by atoms with Crippen molar-refractivity contribution in [2.75, 3.05) is 5.32 Å². The molecule has 1 amide bonds. The number of aromatic amines is 1. The van der Waals surface area contributed by atoms with Gasteiger partial charge in [0.2, 0.25) is 0 Å². The van der Waals surface area contributed by atoms with Crippen LogP contribution in [-0.2, 0) is 5.41 Å². The van der Waals surface area contributed by atoms with Gasteiger partial charge in [-0.15, -0.1) is 0 Å². The van der Waals surface area contributed by atoms with Crippen molar-refractivity contribution >= 4 is 28.4 Å². The number of amides is 1. The zero-order valence-electron chi connectivity index (χ0n) is 17.1. The minimum atomic E-state index is -0.252. The predicted octanol–water partition coefficient (Wildman–Crippen LogP) is 5.10. The van der Waals surface area contributed by atoms with Gasteiger partial charge in [-0.05, 0) is 42.7 Å². The Morgan fingerprint density at radius 3 is 2.69 bits per heavy atom. The molecule has 0 unspecified atom stereocenters. The number of nitriles is 1. The lowest BCUT2D eigenvalue weighted by atomic mass is 9.64. The Balaban J connectivity index is 1.40. The summed E-state index contributed by atoms with van der Waals surface area (Å²) in [6, 6.07) is 18.3. The minimum absolute atomic E-state index is 0.222. The normalized spacial score (nSPS) is 14.2. The molecule has 2 N–H and O–H groups in total. The fourth-order valence-corrected chi connectivity index (χ4v) is 4.17. The van der Waals surface area contributed by atoms with Crippen molar-refractivity contribution in [2.45, 2.75) is 24.7 Å². The van der Waals surface area contributed by atoms with Crippen LogP contribution in [0.4, 0.5) is 11.4 Å². The molecule has 0 atom stereocenters. The molecule has 5 rings (SSSR count). The van der Waals surface area contributed by atoms with E-state index in [1.54, 1.807) is 30.3 Å². The Hall–Kier alpha value is -4.49. The van der Waals surface area contributed by atoms with E-state index in [0.717, 1.165) is 36.2 Å². The van der Waals surface area contributed by atoms with E-state index in [9.17, 15) is 4.79 Å². The number of imidazole rings is 1. The van der Waals surface area contributed by atoms with E-state index in [1.807, 2.05) is 24.3 Å². The van der Waals surface area contributed by atoms with Crippen LogP contribution in [0.25, 0.3) is 16.0 Å². The summed E-state index contributed by atoms with van der Waals surface area (Å²) in [5, 5.41) is 12.0. The van der Waals surface area contributed by atoms with Gasteiger partial charge in [0.05, 0.1) is 23.1 Å². The van der Waals surface area contributed by atoms with Gasteiger partial charge < -0.3 is 10.3 Å². The van der Waals surface area contributed by atoms with Crippen molar-refractivity contribution in [1.29, 1.82) is 5.26 Å². The number of nitrogens with zero attached hydrogens (tertiary/aromatic N) is 4. The highest BCUT2D eigenvalue weighted by Crippen LogP contribution is 2.48. The molecule has 0 saturated heterocycles. The molecule has 1 saturated carbocycles.